The SMILES string of the molecule is COc1ccc(CCc2ccccc2C(=O)O)c(O)c1. The number of hydrogen-bond acceptors (Lipinski definition) is 3. The zero-order chi connectivity index (χ0) is 14.5. The molecule has 104 valence electrons. The van der Waals surface area contributed by atoms with Crippen LogP contribution in [0.4, 0.5) is 0 Å². The molecule has 4 nitrogen and oxygen atoms in total. The van der Waals surface area contributed by atoms with Gasteiger partial charge in [0.25, 0.3) is 0 Å². The smallest absolute Gasteiger partial charge is 0.335 e. The number of aromatic hydroxyl groups is 1. The molecule has 0 amide bonds. The number of phenols is 1. The van der Waals surface area contributed by atoms with E-state index in [1.54, 1.807) is 36.4 Å². The van der Waals surface area contributed by atoms with Gasteiger partial charge in [-0.05, 0) is 36.1 Å². The van der Waals surface area contributed by atoms with Gasteiger partial charge in [-0.25, -0.2) is 4.79 Å². The van der Waals surface area contributed by atoms with Crippen LogP contribution in [-0.4, -0.2) is 23.3 Å². The molecular formula is C16H16O4. The summed E-state index contributed by atoms with van der Waals surface area (Å²) in [5.74, 6) is -0.172. The summed E-state index contributed by atoms with van der Waals surface area (Å²) in [5, 5.41) is 19.0. The fraction of sp³-hybridized carbons (Fsp3) is 0.188. The van der Waals surface area contributed by atoms with E-state index in [9.17, 15) is 9.90 Å². The van der Waals surface area contributed by atoms with Gasteiger partial charge in [0.05, 0.1) is 12.7 Å². The number of carboxylic acid groups (broad SMARTS) is 1. The highest BCUT2D eigenvalue weighted by Crippen LogP contribution is 2.25. The molecule has 2 rings (SSSR count). The molecule has 0 atom stereocenters. The van der Waals surface area contributed by atoms with Crippen LogP contribution in [-0.2, 0) is 12.8 Å². The van der Waals surface area contributed by atoms with Crippen molar-refractivity contribution in [3.8, 4) is 11.5 Å². The summed E-state index contributed by atoms with van der Waals surface area (Å²) >= 11 is 0. The third kappa shape index (κ3) is 3.09. The fourth-order valence-electron chi connectivity index (χ4n) is 2.10. The topological polar surface area (TPSA) is 66.8 Å². The molecule has 2 aromatic carbocycles. The lowest BCUT2D eigenvalue weighted by Gasteiger charge is -2.08. The van der Waals surface area contributed by atoms with Gasteiger partial charge in [-0.3, -0.25) is 0 Å². The lowest BCUT2D eigenvalue weighted by molar-refractivity contribution is 0.0695. The van der Waals surface area contributed by atoms with Crippen molar-refractivity contribution in [1.82, 2.24) is 0 Å². The van der Waals surface area contributed by atoms with E-state index >= 15 is 0 Å². The minimum Gasteiger partial charge on any atom is -0.508 e. The Hall–Kier alpha value is -2.49. The molecular weight excluding hydrogens is 256 g/mol. The average Bonchev–Trinajstić information content (AvgIpc) is 2.46. The van der Waals surface area contributed by atoms with Crippen LogP contribution >= 0.6 is 0 Å². The zero-order valence-electron chi connectivity index (χ0n) is 11.2. The van der Waals surface area contributed by atoms with Gasteiger partial charge in [0.15, 0.2) is 0 Å². The third-order valence-corrected chi connectivity index (χ3v) is 3.20. The summed E-state index contributed by atoms with van der Waals surface area (Å²) in [6, 6.07) is 12.0. The molecule has 4 heteroatoms. The van der Waals surface area contributed by atoms with E-state index in [2.05, 4.69) is 0 Å². The molecule has 0 unspecified atom stereocenters. The number of hydrogen-bond donors (Lipinski definition) is 2. The number of benzene rings is 2. The zero-order valence-corrected chi connectivity index (χ0v) is 11.2. The molecule has 20 heavy (non-hydrogen) atoms. The minimum atomic E-state index is -0.931. The molecule has 2 aromatic rings. The van der Waals surface area contributed by atoms with E-state index in [-0.39, 0.29) is 5.75 Å². The van der Waals surface area contributed by atoms with Gasteiger partial charge in [0.2, 0.25) is 0 Å². The summed E-state index contributed by atoms with van der Waals surface area (Å²) in [7, 11) is 1.54. The van der Waals surface area contributed by atoms with E-state index in [0.717, 1.165) is 11.1 Å². The summed E-state index contributed by atoms with van der Waals surface area (Å²) in [6.45, 7) is 0. The first-order chi connectivity index (χ1) is 9.61. The molecule has 0 aliphatic carbocycles. The Balaban J connectivity index is 2.15. The summed E-state index contributed by atoms with van der Waals surface area (Å²) in [6.07, 6.45) is 1.13. The van der Waals surface area contributed by atoms with Crippen molar-refractivity contribution in [2.24, 2.45) is 0 Å². The van der Waals surface area contributed by atoms with Crippen molar-refractivity contribution in [2.75, 3.05) is 7.11 Å². The van der Waals surface area contributed by atoms with E-state index in [4.69, 9.17) is 9.84 Å². The highest BCUT2D eigenvalue weighted by molar-refractivity contribution is 5.89. The van der Waals surface area contributed by atoms with Crippen LogP contribution in [0.5, 0.6) is 11.5 Å². The summed E-state index contributed by atoms with van der Waals surface area (Å²) in [5.41, 5.74) is 1.83. The van der Waals surface area contributed by atoms with Gasteiger partial charge < -0.3 is 14.9 Å². The highest BCUT2D eigenvalue weighted by Gasteiger charge is 2.10. The van der Waals surface area contributed by atoms with Gasteiger partial charge in [0.1, 0.15) is 11.5 Å². The monoisotopic (exact) mass is 272 g/mol. The van der Waals surface area contributed by atoms with Crippen molar-refractivity contribution < 1.29 is 19.7 Å². The molecule has 0 saturated heterocycles. The largest absolute Gasteiger partial charge is 0.508 e. The highest BCUT2D eigenvalue weighted by atomic mass is 16.5. The van der Waals surface area contributed by atoms with Crippen LogP contribution in [0.25, 0.3) is 0 Å². The Morgan fingerprint density at radius 2 is 1.80 bits per heavy atom. The maximum absolute atomic E-state index is 11.1. The van der Waals surface area contributed by atoms with E-state index in [1.807, 2.05) is 6.07 Å². The normalized spacial score (nSPS) is 10.2. The Morgan fingerprint density at radius 1 is 1.10 bits per heavy atom. The second kappa shape index (κ2) is 6.10. The number of methoxy groups -OCH3 is 1. The molecule has 0 aliphatic rings. The third-order valence-electron chi connectivity index (χ3n) is 3.20. The van der Waals surface area contributed by atoms with Crippen LogP contribution < -0.4 is 4.74 Å². The second-order valence-electron chi connectivity index (χ2n) is 4.46. The van der Waals surface area contributed by atoms with Gasteiger partial charge in [-0.15, -0.1) is 0 Å². The molecule has 0 bridgehead atoms. The van der Waals surface area contributed by atoms with E-state index in [1.165, 1.54) is 7.11 Å². The molecule has 0 heterocycles. The molecule has 0 aromatic heterocycles. The Morgan fingerprint density at radius 3 is 2.45 bits per heavy atom. The van der Waals surface area contributed by atoms with Crippen molar-refractivity contribution >= 4 is 5.97 Å². The van der Waals surface area contributed by atoms with Crippen molar-refractivity contribution in [2.45, 2.75) is 12.8 Å². The van der Waals surface area contributed by atoms with Crippen LogP contribution in [0.2, 0.25) is 0 Å². The average molecular weight is 272 g/mol. The maximum atomic E-state index is 11.1. The van der Waals surface area contributed by atoms with Crippen molar-refractivity contribution in [3.05, 3.63) is 59.2 Å². The van der Waals surface area contributed by atoms with Crippen molar-refractivity contribution in [1.29, 1.82) is 0 Å². The molecule has 0 fully saturated rings. The first kappa shape index (κ1) is 13.9. The van der Waals surface area contributed by atoms with E-state index < -0.39 is 5.97 Å². The Labute approximate surface area is 117 Å². The first-order valence-electron chi connectivity index (χ1n) is 6.29. The molecule has 0 saturated carbocycles. The number of carbonyl (C=O) groups is 1. The predicted molar refractivity (Wildman–Crippen MR) is 75.5 cm³/mol. The first-order valence-corrected chi connectivity index (χ1v) is 6.29. The van der Waals surface area contributed by atoms with Gasteiger partial charge >= 0.3 is 5.97 Å². The summed E-state index contributed by atoms with van der Waals surface area (Å²) < 4.78 is 5.03. The number of phenolic OH excluding ortho intramolecular Hbond substituents is 1. The van der Waals surface area contributed by atoms with Gasteiger partial charge in [-0.2, -0.15) is 0 Å². The molecule has 0 spiro atoms. The predicted octanol–water partition coefficient (Wildman–Crippen LogP) is 2.88. The number of carboxylic acids is 1. The standard InChI is InChI=1S/C16H16O4/c1-20-13-9-8-12(15(17)10-13)7-6-11-4-2-3-5-14(11)16(18)19/h2-5,8-10,17H,6-7H2,1H3,(H,18,19). The lowest BCUT2D eigenvalue weighted by Crippen LogP contribution is -2.03. The van der Waals surface area contributed by atoms with Crippen LogP contribution in [0, 0.1) is 0 Å². The number of rotatable bonds is 5. The fourth-order valence-corrected chi connectivity index (χ4v) is 2.10. The maximum Gasteiger partial charge on any atom is 0.335 e. The van der Waals surface area contributed by atoms with E-state index in [0.29, 0.717) is 24.2 Å². The Kier molecular flexibility index (Phi) is 4.25. The lowest BCUT2D eigenvalue weighted by atomic mass is 9.99. The van der Waals surface area contributed by atoms with Crippen LogP contribution in [0.15, 0.2) is 42.5 Å². The molecule has 2 N–H and O–H groups in total. The number of ether oxygens (including phenoxy) is 1. The van der Waals surface area contributed by atoms with Crippen molar-refractivity contribution in [3.63, 3.8) is 0 Å². The van der Waals surface area contributed by atoms with Crippen LogP contribution in [0.3, 0.4) is 0 Å². The molecule has 0 radical (unpaired) electrons. The molecule has 0 aliphatic heterocycles. The minimum absolute atomic E-state index is 0.164. The van der Waals surface area contributed by atoms with Gasteiger partial charge in [0, 0.05) is 6.07 Å². The van der Waals surface area contributed by atoms with Crippen LogP contribution in [0.1, 0.15) is 21.5 Å². The number of aryl methyl sites for hydroxylation is 2. The second-order valence-corrected chi connectivity index (χ2v) is 4.46. The number of aromatic carboxylic acids is 1. The Bertz CT molecular complexity index is 620. The summed E-state index contributed by atoms with van der Waals surface area (Å²) in [4.78, 5) is 11.1. The van der Waals surface area contributed by atoms with Gasteiger partial charge in [-0.1, -0.05) is 24.3 Å². The quantitative estimate of drug-likeness (QED) is 0.878.